The lowest BCUT2D eigenvalue weighted by atomic mass is 10.1. The van der Waals surface area contributed by atoms with Crippen LogP contribution < -0.4 is 5.32 Å². The van der Waals surface area contributed by atoms with Gasteiger partial charge in [-0.3, -0.25) is 4.79 Å². The molecule has 0 fully saturated rings. The molecule has 0 aliphatic rings. The third-order valence-electron chi connectivity index (χ3n) is 3.03. The van der Waals surface area contributed by atoms with Crippen molar-refractivity contribution in [3.8, 4) is 6.07 Å². The second-order valence-electron chi connectivity index (χ2n) is 4.48. The third kappa shape index (κ3) is 2.96. The number of amides is 1. The molecule has 2 rings (SSSR count). The van der Waals surface area contributed by atoms with Crippen molar-refractivity contribution in [2.75, 3.05) is 5.32 Å². The highest BCUT2D eigenvalue weighted by atomic mass is 16.1. The summed E-state index contributed by atoms with van der Waals surface area (Å²) in [5.74, 6) is -0.400. The molecule has 1 N–H and O–H groups in total. The number of aryl methyl sites for hydroxylation is 2. The first kappa shape index (κ1) is 13.6. The quantitative estimate of drug-likeness (QED) is 0.685. The minimum absolute atomic E-state index is 0.0788. The number of nitrogens with one attached hydrogen (secondary N) is 1. The van der Waals surface area contributed by atoms with Crippen LogP contribution >= 0.6 is 0 Å². The van der Waals surface area contributed by atoms with Gasteiger partial charge in [-0.2, -0.15) is 5.26 Å². The standard InChI is InChI=1S/C16H15N3O/c1-12-6-3-4-8-15(12)18-16(20)13(11-17)10-14-7-5-9-19(14)2/h3-10H,1-2H3,(H,18,20)/b13-10+. The molecule has 4 nitrogen and oxygen atoms in total. The van der Waals surface area contributed by atoms with Gasteiger partial charge in [0.05, 0.1) is 0 Å². The summed E-state index contributed by atoms with van der Waals surface area (Å²) in [5.41, 5.74) is 2.55. The van der Waals surface area contributed by atoms with Gasteiger partial charge in [0.1, 0.15) is 11.6 Å². The number of carbonyl (C=O) groups excluding carboxylic acids is 1. The van der Waals surface area contributed by atoms with Crippen LogP contribution in [-0.4, -0.2) is 10.5 Å². The Kier molecular flexibility index (Phi) is 4.02. The molecule has 0 saturated heterocycles. The predicted molar refractivity (Wildman–Crippen MR) is 78.8 cm³/mol. The Balaban J connectivity index is 2.23. The highest BCUT2D eigenvalue weighted by Crippen LogP contribution is 2.15. The van der Waals surface area contributed by atoms with Crippen molar-refractivity contribution in [2.24, 2.45) is 7.05 Å². The zero-order valence-corrected chi connectivity index (χ0v) is 11.4. The van der Waals surface area contributed by atoms with Crippen molar-refractivity contribution in [1.82, 2.24) is 4.57 Å². The number of carbonyl (C=O) groups is 1. The molecule has 0 bridgehead atoms. The van der Waals surface area contributed by atoms with Gasteiger partial charge in [0.15, 0.2) is 0 Å². The van der Waals surface area contributed by atoms with Crippen LogP contribution in [0.15, 0.2) is 48.2 Å². The van der Waals surface area contributed by atoms with Gasteiger partial charge < -0.3 is 9.88 Å². The van der Waals surface area contributed by atoms with Crippen LogP contribution in [0, 0.1) is 18.3 Å². The summed E-state index contributed by atoms with van der Waals surface area (Å²) in [7, 11) is 1.86. The van der Waals surface area contributed by atoms with Gasteiger partial charge in [0, 0.05) is 24.6 Å². The molecule has 0 atom stereocenters. The lowest BCUT2D eigenvalue weighted by Gasteiger charge is -2.07. The third-order valence-corrected chi connectivity index (χ3v) is 3.03. The van der Waals surface area contributed by atoms with E-state index >= 15 is 0 Å². The fourth-order valence-electron chi connectivity index (χ4n) is 1.82. The maximum atomic E-state index is 12.1. The fraction of sp³-hybridized carbons (Fsp3) is 0.125. The molecular formula is C16H15N3O. The van der Waals surface area contributed by atoms with Crippen LogP contribution in [0.5, 0.6) is 0 Å². The number of para-hydroxylation sites is 1. The van der Waals surface area contributed by atoms with Crippen molar-refractivity contribution in [3.63, 3.8) is 0 Å². The number of hydrogen-bond donors (Lipinski definition) is 1. The summed E-state index contributed by atoms with van der Waals surface area (Å²) >= 11 is 0. The van der Waals surface area contributed by atoms with Gasteiger partial charge in [-0.05, 0) is 36.8 Å². The van der Waals surface area contributed by atoms with E-state index in [1.807, 2.05) is 67.2 Å². The number of aromatic nitrogens is 1. The van der Waals surface area contributed by atoms with Crippen LogP contribution in [0.4, 0.5) is 5.69 Å². The lowest BCUT2D eigenvalue weighted by molar-refractivity contribution is -0.112. The van der Waals surface area contributed by atoms with Gasteiger partial charge in [-0.1, -0.05) is 18.2 Å². The minimum Gasteiger partial charge on any atom is -0.351 e. The molecule has 0 aliphatic heterocycles. The summed E-state index contributed by atoms with van der Waals surface area (Å²) in [4.78, 5) is 12.1. The number of rotatable bonds is 3. The van der Waals surface area contributed by atoms with Crippen LogP contribution in [0.25, 0.3) is 6.08 Å². The van der Waals surface area contributed by atoms with E-state index in [0.717, 1.165) is 11.3 Å². The SMILES string of the molecule is Cc1ccccc1NC(=O)/C(C#N)=C/c1cccn1C. The highest BCUT2D eigenvalue weighted by Gasteiger charge is 2.11. The van der Waals surface area contributed by atoms with E-state index < -0.39 is 5.91 Å². The van der Waals surface area contributed by atoms with Gasteiger partial charge in [-0.25, -0.2) is 0 Å². The second-order valence-corrected chi connectivity index (χ2v) is 4.48. The number of benzene rings is 1. The van der Waals surface area contributed by atoms with Gasteiger partial charge in [0.25, 0.3) is 5.91 Å². The monoisotopic (exact) mass is 265 g/mol. The van der Waals surface area contributed by atoms with Crippen molar-refractivity contribution < 1.29 is 4.79 Å². The van der Waals surface area contributed by atoms with E-state index in [1.54, 1.807) is 6.08 Å². The lowest BCUT2D eigenvalue weighted by Crippen LogP contribution is -2.14. The normalized spacial score (nSPS) is 10.9. The molecule has 1 aromatic heterocycles. The first-order valence-corrected chi connectivity index (χ1v) is 6.22. The number of nitriles is 1. The summed E-state index contributed by atoms with van der Waals surface area (Å²) in [6.07, 6.45) is 3.44. The minimum atomic E-state index is -0.400. The average Bonchev–Trinajstić information content (AvgIpc) is 2.84. The van der Waals surface area contributed by atoms with Crippen molar-refractivity contribution in [2.45, 2.75) is 6.92 Å². The van der Waals surface area contributed by atoms with Crippen molar-refractivity contribution in [3.05, 3.63) is 59.4 Å². The zero-order valence-electron chi connectivity index (χ0n) is 11.4. The van der Waals surface area contributed by atoms with E-state index in [2.05, 4.69) is 5.32 Å². The molecule has 0 unspecified atom stereocenters. The smallest absolute Gasteiger partial charge is 0.266 e. The van der Waals surface area contributed by atoms with E-state index in [1.165, 1.54) is 0 Å². The molecule has 1 heterocycles. The Morgan fingerprint density at radius 2 is 2.05 bits per heavy atom. The van der Waals surface area contributed by atoms with Crippen LogP contribution in [-0.2, 0) is 11.8 Å². The molecule has 0 radical (unpaired) electrons. The Hall–Kier alpha value is -2.80. The van der Waals surface area contributed by atoms with Crippen molar-refractivity contribution >= 4 is 17.7 Å². The summed E-state index contributed by atoms with van der Waals surface area (Å²) in [6.45, 7) is 1.91. The van der Waals surface area contributed by atoms with Crippen LogP contribution in [0.1, 0.15) is 11.3 Å². The zero-order chi connectivity index (χ0) is 14.5. The molecule has 0 aliphatic carbocycles. The van der Waals surface area contributed by atoms with Crippen LogP contribution in [0.2, 0.25) is 0 Å². The molecule has 1 aromatic carbocycles. The van der Waals surface area contributed by atoms with E-state index in [0.29, 0.717) is 5.69 Å². The van der Waals surface area contributed by atoms with E-state index in [4.69, 9.17) is 5.26 Å². The molecular weight excluding hydrogens is 250 g/mol. The second kappa shape index (κ2) is 5.89. The highest BCUT2D eigenvalue weighted by molar-refractivity contribution is 6.09. The Morgan fingerprint density at radius 3 is 2.65 bits per heavy atom. The predicted octanol–water partition coefficient (Wildman–Crippen LogP) is 2.88. The average molecular weight is 265 g/mol. The number of anilines is 1. The Labute approximate surface area is 118 Å². The maximum absolute atomic E-state index is 12.1. The van der Waals surface area contributed by atoms with Crippen molar-refractivity contribution in [1.29, 1.82) is 5.26 Å². The van der Waals surface area contributed by atoms with Gasteiger partial charge in [0.2, 0.25) is 0 Å². The van der Waals surface area contributed by atoms with Crippen LogP contribution in [0.3, 0.4) is 0 Å². The summed E-state index contributed by atoms with van der Waals surface area (Å²) < 4.78 is 1.85. The first-order valence-electron chi connectivity index (χ1n) is 6.22. The summed E-state index contributed by atoms with van der Waals surface area (Å²) in [6, 6.07) is 13.1. The fourth-order valence-corrected chi connectivity index (χ4v) is 1.82. The molecule has 4 heteroatoms. The molecule has 100 valence electrons. The van der Waals surface area contributed by atoms with E-state index in [9.17, 15) is 4.79 Å². The maximum Gasteiger partial charge on any atom is 0.266 e. The number of nitrogens with zero attached hydrogens (tertiary/aromatic N) is 2. The summed E-state index contributed by atoms with van der Waals surface area (Å²) in [5, 5.41) is 11.9. The molecule has 0 saturated carbocycles. The molecule has 20 heavy (non-hydrogen) atoms. The first-order chi connectivity index (χ1) is 9.61. The number of hydrogen-bond acceptors (Lipinski definition) is 2. The van der Waals surface area contributed by atoms with Gasteiger partial charge >= 0.3 is 0 Å². The molecule has 0 spiro atoms. The Morgan fingerprint density at radius 1 is 1.30 bits per heavy atom. The van der Waals surface area contributed by atoms with E-state index in [-0.39, 0.29) is 5.57 Å². The van der Waals surface area contributed by atoms with Gasteiger partial charge in [-0.15, -0.1) is 0 Å². The Bertz CT molecular complexity index is 705. The largest absolute Gasteiger partial charge is 0.351 e. The molecule has 2 aromatic rings. The topological polar surface area (TPSA) is 57.8 Å². The molecule has 1 amide bonds.